The van der Waals surface area contributed by atoms with E-state index < -0.39 is 0 Å². The summed E-state index contributed by atoms with van der Waals surface area (Å²) in [6, 6.07) is 7.40. The fourth-order valence-electron chi connectivity index (χ4n) is 2.66. The van der Waals surface area contributed by atoms with Crippen LogP contribution in [-0.2, 0) is 9.59 Å². The zero-order valence-corrected chi connectivity index (χ0v) is 15.0. The molecule has 7 heteroatoms. The predicted molar refractivity (Wildman–Crippen MR) is 94.6 cm³/mol. The number of ether oxygens (including phenoxy) is 1. The van der Waals surface area contributed by atoms with Crippen LogP contribution in [0.1, 0.15) is 25.7 Å². The van der Waals surface area contributed by atoms with Gasteiger partial charge in [0.05, 0.1) is 11.6 Å². The van der Waals surface area contributed by atoms with Crippen LogP contribution in [0, 0.1) is 0 Å². The highest BCUT2D eigenvalue weighted by Crippen LogP contribution is 2.23. The van der Waals surface area contributed by atoms with Crippen LogP contribution in [0.25, 0.3) is 0 Å². The number of likely N-dealkylation sites (tertiary alicyclic amines) is 1. The molecule has 1 aromatic carbocycles. The van der Waals surface area contributed by atoms with Crippen molar-refractivity contribution in [3.63, 3.8) is 0 Å². The maximum atomic E-state index is 12.2. The van der Waals surface area contributed by atoms with Crippen LogP contribution in [0.2, 0.25) is 5.02 Å². The normalized spacial score (nSPS) is 15.2. The number of hydrogen-bond acceptors (Lipinski definition) is 3. The van der Waals surface area contributed by atoms with Gasteiger partial charge in [0.15, 0.2) is 0 Å². The Hall–Kier alpha value is -1.46. The molecule has 1 saturated heterocycles. The molecule has 0 aliphatic carbocycles. The van der Waals surface area contributed by atoms with Gasteiger partial charge in [-0.15, -0.1) is 11.6 Å². The monoisotopic (exact) mass is 372 g/mol. The third kappa shape index (κ3) is 5.87. The molecule has 0 unspecified atom stereocenters. The van der Waals surface area contributed by atoms with Crippen molar-refractivity contribution in [1.82, 2.24) is 10.2 Å². The molecule has 24 heavy (non-hydrogen) atoms. The Labute approximate surface area is 152 Å². The third-order valence-corrected chi connectivity index (χ3v) is 4.52. The van der Waals surface area contributed by atoms with Gasteiger partial charge in [0.25, 0.3) is 0 Å². The van der Waals surface area contributed by atoms with E-state index in [2.05, 4.69) is 5.32 Å². The van der Waals surface area contributed by atoms with Crippen molar-refractivity contribution < 1.29 is 14.3 Å². The van der Waals surface area contributed by atoms with Gasteiger partial charge in [-0.25, -0.2) is 0 Å². The summed E-state index contributed by atoms with van der Waals surface area (Å²) in [4.78, 5) is 25.3. The lowest BCUT2D eigenvalue weighted by atomic mass is 10.0. The molecule has 0 atom stereocenters. The molecule has 0 saturated carbocycles. The zero-order valence-electron chi connectivity index (χ0n) is 13.5. The first kappa shape index (κ1) is 18.9. The molecule has 1 aliphatic rings. The molecule has 1 heterocycles. The minimum absolute atomic E-state index is 0.0232. The summed E-state index contributed by atoms with van der Waals surface area (Å²) in [5, 5.41) is 3.44. The highest BCUT2D eigenvalue weighted by atomic mass is 35.5. The number of halogens is 2. The van der Waals surface area contributed by atoms with Crippen molar-refractivity contribution in [2.45, 2.75) is 31.7 Å². The number of alkyl halides is 1. The van der Waals surface area contributed by atoms with Crippen molar-refractivity contribution in [3.8, 4) is 5.75 Å². The second-order valence-corrected chi connectivity index (χ2v) is 6.41. The van der Waals surface area contributed by atoms with Crippen molar-refractivity contribution >= 4 is 35.0 Å². The maximum absolute atomic E-state index is 12.2. The molecule has 0 radical (unpaired) electrons. The summed E-state index contributed by atoms with van der Waals surface area (Å²) in [5.74, 6) is 0.588. The molecule has 2 amide bonds. The molecule has 1 aromatic rings. The number of carbonyl (C=O) groups is 2. The van der Waals surface area contributed by atoms with E-state index in [9.17, 15) is 9.59 Å². The third-order valence-electron chi connectivity index (χ3n) is 3.96. The van der Waals surface area contributed by atoms with Crippen molar-refractivity contribution in [2.24, 2.45) is 0 Å². The average Bonchev–Trinajstić information content (AvgIpc) is 2.60. The van der Waals surface area contributed by atoms with Crippen LogP contribution in [-0.4, -0.2) is 48.3 Å². The average molecular weight is 373 g/mol. The van der Waals surface area contributed by atoms with Crippen molar-refractivity contribution in [3.05, 3.63) is 29.3 Å². The quantitative estimate of drug-likeness (QED) is 0.591. The summed E-state index contributed by atoms with van der Waals surface area (Å²) < 4.78 is 5.59. The Morgan fingerprint density at radius 2 is 1.96 bits per heavy atom. The first-order chi connectivity index (χ1) is 11.6. The molecule has 0 bridgehead atoms. The van der Waals surface area contributed by atoms with Crippen molar-refractivity contribution in [1.29, 1.82) is 0 Å². The van der Waals surface area contributed by atoms with Gasteiger partial charge >= 0.3 is 0 Å². The molecule has 1 fully saturated rings. The lowest BCUT2D eigenvalue weighted by Gasteiger charge is -2.32. The molecular formula is C17H22Cl2N2O3. The Kier molecular flexibility index (Phi) is 7.66. The van der Waals surface area contributed by atoms with E-state index in [1.54, 1.807) is 6.07 Å². The maximum Gasteiger partial charge on any atom is 0.235 e. The summed E-state index contributed by atoms with van der Waals surface area (Å²) in [5.41, 5.74) is 0. The van der Waals surface area contributed by atoms with Gasteiger partial charge in [0, 0.05) is 25.6 Å². The molecule has 5 nitrogen and oxygen atoms in total. The molecule has 132 valence electrons. The summed E-state index contributed by atoms with van der Waals surface area (Å²) >= 11 is 11.5. The second-order valence-electron chi connectivity index (χ2n) is 5.74. The lowest BCUT2D eigenvalue weighted by molar-refractivity contribution is -0.132. The van der Waals surface area contributed by atoms with Crippen molar-refractivity contribution in [2.75, 3.05) is 25.6 Å². The number of para-hydroxylation sites is 1. The zero-order chi connectivity index (χ0) is 17.4. The van der Waals surface area contributed by atoms with E-state index in [4.69, 9.17) is 27.9 Å². The van der Waals surface area contributed by atoms with Gasteiger partial charge in [0.1, 0.15) is 11.6 Å². The number of rotatable bonds is 7. The molecule has 1 N–H and O–H groups in total. The van der Waals surface area contributed by atoms with Gasteiger partial charge in [-0.3, -0.25) is 9.59 Å². The van der Waals surface area contributed by atoms with E-state index in [0.717, 1.165) is 12.8 Å². The fourth-order valence-corrected chi connectivity index (χ4v) is 2.93. The number of carbonyl (C=O) groups excluding carboxylic acids is 2. The minimum atomic E-state index is -0.154. The van der Waals surface area contributed by atoms with Crippen LogP contribution in [0.3, 0.4) is 0 Å². The number of amides is 2. The first-order valence-corrected chi connectivity index (χ1v) is 9.02. The Balaban J connectivity index is 1.63. The van der Waals surface area contributed by atoms with Gasteiger partial charge < -0.3 is 15.0 Å². The molecular weight excluding hydrogens is 351 g/mol. The smallest absolute Gasteiger partial charge is 0.235 e. The number of nitrogens with one attached hydrogen (secondary N) is 1. The molecule has 0 aromatic heterocycles. The van der Waals surface area contributed by atoms with Gasteiger partial charge in [-0.2, -0.15) is 0 Å². The highest BCUT2D eigenvalue weighted by Gasteiger charge is 2.23. The second kappa shape index (κ2) is 9.74. The van der Waals surface area contributed by atoms with E-state index in [1.165, 1.54) is 0 Å². The van der Waals surface area contributed by atoms with E-state index in [0.29, 0.717) is 43.3 Å². The standard InChI is InChI=1S/C17H22Cl2N2O3/c18-12-16(22)20-13-7-9-21(10-8-13)17(23)6-3-11-24-15-5-2-1-4-14(15)19/h1-2,4-5,13H,3,6-12H2,(H,20,22). The van der Waals surface area contributed by atoms with Crippen LogP contribution in [0.4, 0.5) is 0 Å². The number of piperidine rings is 1. The molecule has 2 rings (SSSR count). The highest BCUT2D eigenvalue weighted by molar-refractivity contribution is 6.32. The van der Waals surface area contributed by atoms with E-state index in [1.807, 2.05) is 23.1 Å². The van der Waals surface area contributed by atoms with Gasteiger partial charge in [-0.1, -0.05) is 23.7 Å². The van der Waals surface area contributed by atoms with E-state index in [-0.39, 0.29) is 23.7 Å². The number of hydrogen-bond donors (Lipinski definition) is 1. The molecule has 1 aliphatic heterocycles. The Bertz CT molecular complexity index is 561. The van der Waals surface area contributed by atoms with Crippen LogP contribution < -0.4 is 10.1 Å². The summed E-state index contributed by atoms with van der Waals surface area (Å²) in [6.45, 7) is 1.78. The van der Waals surface area contributed by atoms with E-state index >= 15 is 0 Å². The van der Waals surface area contributed by atoms with Crippen LogP contribution >= 0.6 is 23.2 Å². The van der Waals surface area contributed by atoms with Crippen LogP contribution in [0.5, 0.6) is 5.75 Å². The number of nitrogens with zero attached hydrogens (tertiary/aromatic N) is 1. The Morgan fingerprint density at radius 1 is 1.25 bits per heavy atom. The summed E-state index contributed by atoms with van der Waals surface area (Å²) in [7, 11) is 0. The van der Waals surface area contributed by atoms with Crippen LogP contribution in [0.15, 0.2) is 24.3 Å². The largest absolute Gasteiger partial charge is 0.492 e. The fraction of sp³-hybridized carbons (Fsp3) is 0.529. The minimum Gasteiger partial charge on any atom is -0.492 e. The SMILES string of the molecule is O=C(CCl)NC1CCN(C(=O)CCCOc2ccccc2Cl)CC1. The topological polar surface area (TPSA) is 58.6 Å². The predicted octanol–water partition coefficient (Wildman–Crippen LogP) is 2.85. The first-order valence-electron chi connectivity index (χ1n) is 8.10. The van der Waals surface area contributed by atoms with Gasteiger partial charge in [-0.05, 0) is 31.4 Å². The number of benzene rings is 1. The Morgan fingerprint density at radius 3 is 2.62 bits per heavy atom. The molecule has 0 spiro atoms. The summed E-state index contributed by atoms with van der Waals surface area (Å²) in [6.07, 6.45) is 2.63. The van der Waals surface area contributed by atoms with Gasteiger partial charge in [0.2, 0.25) is 11.8 Å². The lowest BCUT2D eigenvalue weighted by Crippen LogP contribution is -2.46.